The largest absolute Gasteiger partial charge is 0.383 e. The van der Waals surface area contributed by atoms with Gasteiger partial charge in [-0.2, -0.15) is 0 Å². The number of ether oxygens (including phenoxy) is 2. The summed E-state index contributed by atoms with van der Waals surface area (Å²) in [6.45, 7) is 4.98. The molecule has 0 aliphatic carbocycles. The van der Waals surface area contributed by atoms with Crippen LogP contribution in [0.1, 0.15) is 13.8 Å². The Morgan fingerprint density at radius 3 is 2.08 bits per heavy atom. The normalized spacial score (nSPS) is 16.5. The molecule has 0 aromatic carbocycles. The van der Waals surface area contributed by atoms with Gasteiger partial charge in [0, 0.05) is 14.2 Å². The number of methoxy groups -OCH3 is 2. The van der Waals surface area contributed by atoms with Crippen LogP contribution in [0.3, 0.4) is 0 Å². The predicted molar refractivity (Wildman–Crippen MR) is 50.4 cm³/mol. The summed E-state index contributed by atoms with van der Waals surface area (Å²) in [5.41, 5.74) is 0. The van der Waals surface area contributed by atoms with Gasteiger partial charge < -0.3 is 14.8 Å². The van der Waals surface area contributed by atoms with Gasteiger partial charge in [0.1, 0.15) is 0 Å². The van der Waals surface area contributed by atoms with Crippen molar-refractivity contribution in [2.75, 3.05) is 27.9 Å². The fraction of sp³-hybridized carbons (Fsp3) is 1.00. The van der Waals surface area contributed by atoms with Crippen LogP contribution in [0.25, 0.3) is 0 Å². The lowest BCUT2D eigenvalue weighted by molar-refractivity contribution is 0.00910. The third-order valence-corrected chi connectivity index (χ3v) is 2.04. The van der Waals surface area contributed by atoms with Gasteiger partial charge in [-0.05, 0) is 13.0 Å². The van der Waals surface area contributed by atoms with E-state index in [2.05, 4.69) is 19.2 Å². The van der Waals surface area contributed by atoms with E-state index in [0.29, 0.717) is 12.5 Å². The average Bonchev–Trinajstić information content (AvgIpc) is 2.03. The molecule has 0 heterocycles. The first-order valence-electron chi connectivity index (χ1n) is 4.36. The third-order valence-electron chi connectivity index (χ3n) is 2.04. The van der Waals surface area contributed by atoms with E-state index in [0.717, 1.165) is 0 Å². The van der Waals surface area contributed by atoms with E-state index in [1.807, 2.05) is 7.05 Å². The molecule has 3 nitrogen and oxygen atoms in total. The summed E-state index contributed by atoms with van der Waals surface area (Å²) in [5.74, 6) is 0.502. The highest BCUT2D eigenvalue weighted by atomic mass is 16.5. The molecule has 0 saturated heterocycles. The molecule has 2 unspecified atom stereocenters. The standard InChI is InChI=1S/C9H21NO2/c1-7(2)9(12-5)8(10-3)6-11-4/h7-10H,6H2,1-5H3. The molecule has 2 atom stereocenters. The number of rotatable bonds is 6. The van der Waals surface area contributed by atoms with Crippen molar-refractivity contribution in [1.82, 2.24) is 5.32 Å². The van der Waals surface area contributed by atoms with E-state index in [1.165, 1.54) is 0 Å². The van der Waals surface area contributed by atoms with Crippen molar-refractivity contribution in [2.45, 2.75) is 26.0 Å². The van der Waals surface area contributed by atoms with Crippen LogP contribution >= 0.6 is 0 Å². The molecule has 0 bridgehead atoms. The van der Waals surface area contributed by atoms with E-state index in [9.17, 15) is 0 Å². The van der Waals surface area contributed by atoms with Crippen molar-refractivity contribution >= 4 is 0 Å². The summed E-state index contributed by atoms with van der Waals surface area (Å²) in [6.07, 6.45) is 0.218. The SMILES string of the molecule is CNC(COC)C(OC)C(C)C. The van der Waals surface area contributed by atoms with E-state index >= 15 is 0 Å². The predicted octanol–water partition coefficient (Wildman–Crippen LogP) is 0.892. The zero-order valence-electron chi connectivity index (χ0n) is 8.76. The quantitative estimate of drug-likeness (QED) is 0.650. The molecule has 0 aliphatic heterocycles. The summed E-state index contributed by atoms with van der Waals surface area (Å²) in [7, 11) is 5.38. The number of hydrogen-bond donors (Lipinski definition) is 1. The van der Waals surface area contributed by atoms with Crippen molar-refractivity contribution < 1.29 is 9.47 Å². The lowest BCUT2D eigenvalue weighted by Gasteiger charge is -2.28. The van der Waals surface area contributed by atoms with E-state index < -0.39 is 0 Å². The van der Waals surface area contributed by atoms with E-state index in [4.69, 9.17) is 9.47 Å². The monoisotopic (exact) mass is 175 g/mol. The molecule has 0 amide bonds. The Kier molecular flexibility index (Phi) is 6.34. The van der Waals surface area contributed by atoms with Crippen LogP contribution in [0.15, 0.2) is 0 Å². The molecule has 0 radical (unpaired) electrons. The van der Waals surface area contributed by atoms with Crippen LogP contribution in [0.4, 0.5) is 0 Å². The second kappa shape index (κ2) is 6.40. The zero-order valence-corrected chi connectivity index (χ0v) is 8.76. The van der Waals surface area contributed by atoms with Crippen LogP contribution in [-0.4, -0.2) is 40.0 Å². The first-order valence-corrected chi connectivity index (χ1v) is 4.36. The minimum Gasteiger partial charge on any atom is -0.383 e. The second-order valence-electron chi connectivity index (χ2n) is 3.29. The Bertz CT molecular complexity index is 107. The van der Waals surface area contributed by atoms with E-state index in [-0.39, 0.29) is 12.1 Å². The van der Waals surface area contributed by atoms with Gasteiger partial charge >= 0.3 is 0 Å². The van der Waals surface area contributed by atoms with Crippen LogP contribution in [0, 0.1) is 5.92 Å². The van der Waals surface area contributed by atoms with Crippen molar-refractivity contribution in [3.63, 3.8) is 0 Å². The highest BCUT2D eigenvalue weighted by Crippen LogP contribution is 2.10. The summed E-state index contributed by atoms with van der Waals surface area (Å²) in [4.78, 5) is 0. The van der Waals surface area contributed by atoms with Gasteiger partial charge in [-0.3, -0.25) is 0 Å². The summed E-state index contributed by atoms with van der Waals surface area (Å²) in [5, 5.41) is 3.19. The Hall–Kier alpha value is -0.120. The zero-order chi connectivity index (χ0) is 9.56. The molecule has 0 aromatic heterocycles. The lowest BCUT2D eigenvalue weighted by atomic mass is 10.0. The Labute approximate surface area is 75.4 Å². The minimum absolute atomic E-state index is 0.218. The second-order valence-corrected chi connectivity index (χ2v) is 3.29. The number of nitrogens with one attached hydrogen (secondary N) is 1. The minimum atomic E-state index is 0.218. The van der Waals surface area contributed by atoms with Crippen LogP contribution in [0.5, 0.6) is 0 Å². The lowest BCUT2D eigenvalue weighted by Crippen LogP contribution is -2.45. The Morgan fingerprint density at radius 2 is 1.83 bits per heavy atom. The molecular formula is C9H21NO2. The molecular weight excluding hydrogens is 154 g/mol. The fourth-order valence-corrected chi connectivity index (χ4v) is 1.42. The van der Waals surface area contributed by atoms with Gasteiger partial charge in [0.05, 0.1) is 18.8 Å². The third kappa shape index (κ3) is 3.52. The molecule has 0 aromatic rings. The number of hydrogen-bond acceptors (Lipinski definition) is 3. The fourth-order valence-electron chi connectivity index (χ4n) is 1.42. The molecule has 0 spiro atoms. The van der Waals surface area contributed by atoms with Gasteiger partial charge in [-0.15, -0.1) is 0 Å². The molecule has 0 aliphatic rings. The molecule has 12 heavy (non-hydrogen) atoms. The van der Waals surface area contributed by atoms with Crippen molar-refractivity contribution in [1.29, 1.82) is 0 Å². The topological polar surface area (TPSA) is 30.5 Å². The maximum Gasteiger partial charge on any atom is 0.0769 e. The molecule has 3 heteroatoms. The van der Waals surface area contributed by atoms with Gasteiger partial charge in [0.25, 0.3) is 0 Å². The van der Waals surface area contributed by atoms with Crippen LogP contribution in [-0.2, 0) is 9.47 Å². The average molecular weight is 175 g/mol. The van der Waals surface area contributed by atoms with Gasteiger partial charge in [-0.25, -0.2) is 0 Å². The van der Waals surface area contributed by atoms with Crippen molar-refractivity contribution in [2.24, 2.45) is 5.92 Å². The Balaban J connectivity index is 4.02. The first-order chi connectivity index (χ1) is 5.67. The molecule has 0 saturated carbocycles. The van der Waals surface area contributed by atoms with Gasteiger partial charge in [0.2, 0.25) is 0 Å². The highest BCUT2D eigenvalue weighted by molar-refractivity contribution is 4.77. The summed E-state index contributed by atoms with van der Waals surface area (Å²) < 4.78 is 10.5. The van der Waals surface area contributed by atoms with Crippen molar-refractivity contribution in [3.8, 4) is 0 Å². The maximum absolute atomic E-state index is 5.37. The summed E-state index contributed by atoms with van der Waals surface area (Å²) in [6, 6.07) is 0.278. The highest BCUT2D eigenvalue weighted by Gasteiger charge is 2.22. The number of likely N-dealkylation sites (N-methyl/N-ethyl adjacent to an activating group) is 1. The maximum atomic E-state index is 5.37. The smallest absolute Gasteiger partial charge is 0.0769 e. The van der Waals surface area contributed by atoms with Crippen molar-refractivity contribution in [3.05, 3.63) is 0 Å². The van der Waals surface area contributed by atoms with Crippen LogP contribution in [0.2, 0.25) is 0 Å². The van der Waals surface area contributed by atoms with Crippen LogP contribution < -0.4 is 5.32 Å². The van der Waals surface area contributed by atoms with Gasteiger partial charge in [-0.1, -0.05) is 13.8 Å². The molecule has 1 N–H and O–H groups in total. The van der Waals surface area contributed by atoms with Gasteiger partial charge in [0.15, 0.2) is 0 Å². The molecule has 74 valence electrons. The molecule has 0 fully saturated rings. The summed E-state index contributed by atoms with van der Waals surface area (Å²) >= 11 is 0. The molecule has 0 rings (SSSR count). The first kappa shape index (κ1) is 11.9. The van der Waals surface area contributed by atoms with E-state index in [1.54, 1.807) is 14.2 Å². The Morgan fingerprint density at radius 1 is 1.25 bits per heavy atom.